The smallest absolute Gasteiger partial charge is 0.255 e. The average Bonchev–Trinajstić information content (AvgIpc) is 2.64. The lowest BCUT2D eigenvalue weighted by molar-refractivity contribution is 0.0931. The minimum atomic E-state index is -0.221. The molecule has 0 unspecified atom stereocenters. The summed E-state index contributed by atoms with van der Waals surface area (Å²) in [7, 11) is 0. The molecule has 2 aromatic rings. The number of piperazine rings is 1. The molecule has 1 heterocycles. The number of nitrogens with one attached hydrogen (secondary N) is 1. The topological polar surface area (TPSA) is 55.8 Å². The number of nitrogens with zero attached hydrogens (tertiary/aromatic N) is 2. The van der Waals surface area contributed by atoms with E-state index in [1.54, 1.807) is 18.2 Å². The van der Waals surface area contributed by atoms with Gasteiger partial charge in [-0.05, 0) is 17.7 Å². The molecule has 0 bridgehead atoms. The van der Waals surface area contributed by atoms with E-state index in [1.165, 1.54) is 11.6 Å². The Hall–Kier alpha value is -2.37. The number of carbonyl (C=O) groups is 1. The van der Waals surface area contributed by atoms with Crippen molar-refractivity contribution >= 4 is 5.91 Å². The third-order valence-electron chi connectivity index (χ3n) is 4.58. The van der Waals surface area contributed by atoms with Crippen LogP contribution in [0.1, 0.15) is 15.9 Å². The highest BCUT2D eigenvalue weighted by Crippen LogP contribution is 2.15. The van der Waals surface area contributed by atoms with E-state index in [-0.39, 0.29) is 11.7 Å². The molecule has 0 saturated carbocycles. The van der Waals surface area contributed by atoms with E-state index in [2.05, 4.69) is 39.4 Å². The van der Waals surface area contributed by atoms with Gasteiger partial charge in [0.25, 0.3) is 5.91 Å². The van der Waals surface area contributed by atoms with Crippen molar-refractivity contribution in [2.75, 3.05) is 39.3 Å². The van der Waals surface area contributed by atoms with Crippen LogP contribution >= 0.6 is 0 Å². The molecule has 0 aromatic heterocycles. The van der Waals surface area contributed by atoms with Gasteiger partial charge >= 0.3 is 0 Å². The molecule has 0 atom stereocenters. The number of rotatable bonds is 6. The first-order valence-corrected chi connectivity index (χ1v) is 8.77. The van der Waals surface area contributed by atoms with E-state index in [9.17, 15) is 9.90 Å². The Balaban J connectivity index is 1.37. The largest absolute Gasteiger partial charge is 0.507 e. The molecule has 0 spiro atoms. The van der Waals surface area contributed by atoms with Gasteiger partial charge in [-0.15, -0.1) is 0 Å². The summed E-state index contributed by atoms with van der Waals surface area (Å²) in [6, 6.07) is 17.2. The number of phenolic OH excluding ortho intramolecular Hbond substituents is 1. The van der Waals surface area contributed by atoms with Crippen LogP contribution < -0.4 is 5.32 Å². The highest BCUT2D eigenvalue weighted by molar-refractivity contribution is 5.96. The molecular weight excluding hydrogens is 314 g/mol. The van der Waals surface area contributed by atoms with Crippen LogP contribution in [-0.2, 0) is 6.54 Å². The van der Waals surface area contributed by atoms with E-state index in [0.29, 0.717) is 12.1 Å². The minimum absolute atomic E-state index is 0.0227. The van der Waals surface area contributed by atoms with Crippen molar-refractivity contribution in [3.8, 4) is 5.75 Å². The molecule has 1 aliphatic heterocycles. The van der Waals surface area contributed by atoms with Gasteiger partial charge in [0.2, 0.25) is 0 Å². The maximum atomic E-state index is 12.1. The first-order chi connectivity index (χ1) is 12.2. The molecule has 2 aromatic carbocycles. The van der Waals surface area contributed by atoms with Crippen LogP contribution in [0, 0.1) is 0 Å². The van der Waals surface area contributed by atoms with Gasteiger partial charge in [0.1, 0.15) is 5.75 Å². The van der Waals surface area contributed by atoms with Gasteiger partial charge in [-0.3, -0.25) is 14.6 Å². The fourth-order valence-corrected chi connectivity index (χ4v) is 3.10. The second-order valence-electron chi connectivity index (χ2n) is 6.38. The molecule has 1 aliphatic rings. The Kier molecular flexibility index (Phi) is 6.04. The molecule has 0 aliphatic carbocycles. The van der Waals surface area contributed by atoms with E-state index in [1.807, 2.05) is 6.07 Å². The predicted molar refractivity (Wildman–Crippen MR) is 98.6 cm³/mol. The van der Waals surface area contributed by atoms with Gasteiger partial charge in [-0.25, -0.2) is 0 Å². The van der Waals surface area contributed by atoms with Gasteiger partial charge < -0.3 is 10.4 Å². The van der Waals surface area contributed by atoms with E-state index < -0.39 is 0 Å². The molecule has 3 rings (SSSR count). The van der Waals surface area contributed by atoms with Crippen molar-refractivity contribution in [2.45, 2.75) is 6.54 Å². The van der Waals surface area contributed by atoms with Crippen LogP contribution in [-0.4, -0.2) is 60.1 Å². The highest BCUT2D eigenvalue weighted by Gasteiger charge is 2.17. The zero-order valence-corrected chi connectivity index (χ0v) is 14.4. The van der Waals surface area contributed by atoms with Crippen LogP contribution in [0.25, 0.3) is 0 Å². The summed E-state index contributed by atoms with van der Waals surface area (Å²) in [6.07, 6.45) is 0. The normalized spacial score (nSPS) is 15.8. The molecular formula is C20H25N3O2. The van der Waals surface area contributed by atoms with Gasteiger partial charge in [0.05, 0.1) is 5.56 Å². The molecule has 5 heteroatoms. The maximum Gasteiger partial charge on any atom is 0.255 e. The summed E-state index contributed by atoms with van der Waals surface area (Å²) >= 11 is 0. The van der Waals surface area contributed by atoms with Gasteiger partial charge in [0, 0.05) is 45.8 Å². The van der Waals surface area contributed by atoms with Crippen molar-refractivity contribution in [2.24, 2.45) is 0 Å². The zero-order valence-electron chi connectivity index (χ0n) is 14.4. The minimum Gasteiger partial charge on any atom is -0.507 e. The number of aromatic hydroxyl groups is 1. The lowest BCUT2D eigenvalue weighted by Gasteiger charge is -2.34. The average molecular weight is 339 g/mol. The number of amides is 1. The Morgan fingerprint density at radius 1 is 0.920 bits per heavy atom. The quantitative estimate of drug-likeness (QED) is 0.844. The summed E-state index contributed by atoms with van der Waals surface area (Å²) in [5.41, 5.74) is 1.68. The second kappa shape index (κ2) is 8.65. The summed E-state index contributed by atoms with van der Waals surface area (Å²) in [6.45, 7) is 6.53. The highest BCUT2D eigenvalue weighted by atomic mass is 16.3. The van der Waals surface area contributed by atoms with E-state index >= 15 is 0 Å². The number of para-hydroxylation sites is 1. The molecule has 1 amide bonds. The number of hydrogen-bond donors (Lipinski definition) is 2. The molecule has 25 heavy (non-hydrogen) atoms. The second-order valence-corrected chi connectivity index (χ2v) is 6.38. The number of carbonyl (C=O) groups excluding carboxylic acids is 1. The standard InChI is InChI=1S/C20H25N3O2/c24-19-9-5-4-8-18(19)20(25)21-10-11-22-12-14-23(15-13-22)16-17-6-2-1-3-7-17/h1-9,24H,10-16H2,(H,21,25). The Morgan fingerprint density at radius 3 is 2.28 bits per heavy atom. The van der Waals surface area contributed by atoms with Crippen LogP contribution in [0.4, 0.5) is 0 Å². The summed E-state index contributed by atoms with van der Waals surface area (Å²) in [4.78, 5) is 16.9. The Morgan fingerprint density at radius 2 is 1.56 bits per heavy atom. The number of phenols is 1. The van der Waals surface area contributed by atoms with Crippen LogP contribution in [0.5, 0.6) is 5.75 Å². The third kappa shape index (κ3) is 5.05. The Labute approximate surface area is 148 Å². The van der Waals surface area contributed by atoms with Gasteiger partial charge in [0.15, 0.2) is 0 Å². The third-order valence-corrected chi connectivity index (χ3v) is 4.58. The zero-order chi connectivity index (χ0) is 17.5. The molecule has 1 fully saturated rings. The van der Waals surface area contributed by atoms with Gasteiger partial charge in [-0.1, -0.05) is 42.5 Å². The lowest BCUT2D eigenvalue weighted by atomic mass is 10.2. The van der Waals surface area contributed by atoms with Crippen molar-refractivity contribution < 1.29 is 9.90 Å². The van der Waals surface area contributed by atoms with Crippen molar-refractivity contribution in [1.29, 1.82) is 0 Å². The van der Waals surface area contributed by atoms with Crippen molar-refractivity contribution in [3.63, 3.8) is 0 Å². The fourth-order valence-electron chi connectivity index (χ4n) is 3.10. The van der Waals surface area contributed by atoms with E-state index in [0.717, 1.165) is 39.3 Å². The molecule has 0 radical (unpaired) electrons. The van der Waals surface area contributed by atoms with Gasteiger partial charge in [-0.2, -0.15) is 0 Å². The fraction of sp³-hybridized carbons (Fsp3) is 0.350. The summed E-state index contributed by atoms with van der Waals surface area (Å²) in [5.74, 6) is -0.199. The molecule has 1 saturated heterocycles. The van der Waals surface area contributed by atoms with Crippen LogP contribution in [0.15, 0.2) is 54.6 Å². The summed E-state index contributed by atoms with van der Waals surface area (Å²) in [5, 5.41) is 12.6. The maximum absolute atomic E-state index is 12.1. The predicted octanol–water partition coefficient (Wildman–Crippen LogP) is 1.94. The van der Waals surface area contributed by atoms with Crippen molar-refractivity contribution in [3.05, 3.63) is 65.7 Å². The SMILES string of the molecule is O=C(NCCN1CCN(Cc2ccccc2)CC1)c1ccccc1O. The lowest BCUT2D eigenvalue weighted by Crippen LogP contribution is -2.48. The summed E-state index contributed by atoms with van der Waals surface area (Å²) < 4.78 is 0. The molecule has 132 valence electrons. The number of benzene rings is 2. The Bertz CT molecular complexity index is 682. The molecule has 2 N–H and O–H groups in total. The first kappa shape index (κ1) is 17.5. The van der Waals surface area contributed by atoms with Crippen molar-refractivity contribution in [1.82, 2.24) is 15.1 Å². The number of hydrogen-bond acceptors (Lipinski definition) is 4. The molecule has 5 nitrogen and oxygen atoms in total. The monoisotopic (exact) mass is 339 g/mol. The van der Waals surface area contributed by atoms with Crippen LogP contribution in [0.3, 0.4) is 0 Å². The first-order valence-electron chi connectivity index (χ1n) is 8.77. The van der Waals surface area contributed by atoms with Crippen LogP contribution in [0.2, 0.25) is 0 Å². The van der Waals surface area contributed by atoms with E-state index in [4.69, 9.17) is 0 Å².